The van der Waals surface area contributed by atoms with E-state index in [9.17, 15) is 5.11 Å². The molecule has 0 amide bonds. The molecule has 3 heterocycles. The van der Waals surface area contributed by atoms with E-state index in [1.165, 1.54) is 5.57 Å². The Labute approximate surface area is 165 Å². The molecule has 146 valence electrons. The summed E-state index contributed by atoms with van der Waals surface area (Å²) in [4.78, 5) is 6.83. The minimum atomic E-state index is -0.532. The van der Waals surface area contributed by atoms with Crippen LogP contribution in [0, 0.1) is 13.8 Å². The number of aryl methyl sites for hydroxylation is 2. The average Bonchev–Trinajstić information content (AvgIpc) is 3.13. The number of aliphatic hydroxyl groups is 1. The molecule has 3 aromatic rings. The van der Waals surface area contributed by atoms with Gasteiger partial charge < -0.3 is 9.84 Å². The quantitative estimate of drug-likeness (QED) is 0.739. The first kappa shape index (κ1) is 18.7. The SMILES string of the molecule is COc1cccc([C@H](O)CN2CC=C(c3cc4nc(C)cc(C)n4n3)CC2)c1. The second-order valence-corrected chi connectivity index (χ2v) is 7.37. The topological polar surface area (TPSA) is 62.9 Å². The summed E-state index contributed by atoms with van der Waals surface area (Å²) in [5, 5.41) is 15.3. The number of ether oxygens (including phenoxy) is 1. The van der Waals surface area contributed by atoms with Gasteiger partial charge in [0, 0.05) is 37.1 Å². The van der Waals surface area contributed by atoms with E-state index in [0.29, 0.717) is 6.54 Å². The van der Waals surface area contributed by atoms with E-state index in [1.54, 1.807) is 7.11 Å². The smallest absolute Gasteiger partial charge is 0.156 e. The number of hydrogen-bond donors (Lipinski definition) is 1. The number of hydrogen-bond acceptors (Lipinski definition) is 5. The van der Waals surface area contributed by atoms with E-state index in [4.69, 9.17) is 9.84 Å². The van der Waals surface area contributed by atoms with Gasteiger partial charge in [-0.1, -0.05) is 18.2 Å². The Morgan fingerprint density at radius 2 is 2.07 bits per heavy atom. The highest BCUT2D eigenvalue weighted by Gasteiger charge is 2.19. The minimum absolute atomic E-state index is 0.532. The van der Waals surface area contributed by atoms with Crippen LogP contribution in [-0.4, -0.2) is 51.3 Å². The van der Waals surface area contributed by atoms with Gasteiger partial charge in [0.15, 0.2) is 5.65 Å². The monoisotopic (exact) mass is 378 g/mol. The number of aromatic nitrogens is 3. The maximum Gasteiger partial charge on any atom is 0.156 e. The van der Waals surface area contributed by atoms with Gasteiger partial charge in [0.2, 0.25) is 0 Å². The van der Waals surface area contributed by atoms with Gasteiger partial charge in [0.25, 0.3) is 0 Å². The molecule has 2 aromatic heterocycles. The number of aliphatic hydroxyl groups excluding tert-OH is 1. The number of benzene rings is 1. The van der Waals surface area contributed by atoms with Crippen molar-refractivity contribution in [2.75, 3.05) is 26.7 Å². The van der Waals surface area contributed by atoms with Crippen molar-refractivity contribution in [1.29, 1.82) is 0 Å². The van der Waals surface area contributed by atoms with Crippen LogP contribution in [-0.2, 0) is 0 Å². The van der Waals surface area contributed by atoms with Gasteiger partial charge >= 0.3 is 0 Å². The molecule has 6 nitrogen and oxygen atoms in total. The summed E-state index contributed by atoms with van der Waals surface area (Å²) in [6, 6.07) is 11.7. The van der Waals surface area contributed by atoms with Crippen molar-refractivity contribution in [3.63, 3.8) is 0 Å². The van der Waals surface area contributed by atoms with Crippen LogP contribution in [0.25, 0.3) is 11.2 Å². The lowest BCUT2D eigenvalue weighted by molar-refractivity contribution is 0.119. The van der Waals surface area contributed by atoms with Gasteiger partial charge in [-0.3, -0.25) is 4.90 Å². The summed E-state index contributed by atoms with van der Waals surface area (Å²) in [5.74, 6) is 0.767. The molecular weight excluding hydrogens is 352 g/mol. The predicted octanol–water partition coefficient (Wildman–Crippen LogP) is 3.18. The highest BCUT2D eigenvalue weighted by Crippen LogP contribution is 2.25. The average molecular weight is 378 g/mol. The summed E-state index contributed by atoms with van der Waals surface area (Å²) >= 11 is 0. The normalized spacial score (nSPS) is 16.2. The first-order valence-corrected chi connectivity index (χ1v) is 9.61. The Morgan fingerprint density at radius 3 is 2.82 bits per heavy atom. The molecular formula is C22H26N4O2. The molecule has 0 fully saturated rings. The van der Waals surface area contributed by atoms with Crippen molar-refractivity contribution in [3.8, 4) is 5.75 Å². The first-order chi connectivity index (χ1) is 13.5. The summed E-state index contributed by atoms with van der Waals surface area (Å²) in [6.07, 6.45) is 2.59. The maximum atomic E-state index is 10.6. The van der Waals surface area contributed by atoms with Crippen molar-refractivity contribution < 1.29 is 9.84 Å². The summed E-state index contributed by atoms with van der Waals surface area (Å²) in [6.45, 7) is 6.35. The van der Waals surface area contributed by atoms with Crippen molar-refractivity contribution in [3.05, 3.63) is 65.1 Å². The zero-order valence-corrected chi connectivity index (χ0v) is 16.6. The van der Waals surface area contributed by atoms with Gasteiger partial charge in [-0.2, -0.15) is 5.10 Å². The second-order valence-electron chi connectivity index (χ2n) is 7.37. The molecule has 1 aliphatic heterocycles. The summed E-state index contributed by atoms with van der Waals surface area (Å²) in [7, 11) is 1.64. The molecule has 6 heteroatoms. The Bertz CT molecular complexity index is 1020. The van der Waals surface area contributed by atoms with Gasteiger partial charge in [0.1, 0.15) is 5.75 Å². The largest absolute Gasteiger partial charge is 0.497 e. The van der Waals surface area contributed by atoms with Crippen molar-refractivity contribution in [2.45, 2.75) is 26.4 Å². The molecule has 4 rings (SSSR count). The lowest BCUT2D eigenvalue weighted by Gasteiger charge is -2.28. The fourth-order valence-corrected chi connectivity index (χ4v) is 3.75. The Kier molecular flexibility index (Phi) is 5.15. The third-order valence-corrected chi connectivity index (χ3v) is 5.27. The molecule has 1 N–H and O–H groups in total. The predicted molar refractivity (Wildman–Crippen MR) is 109 cm³/mol. The second kappa shape index (κ2) is 7.73. The Morgan fingerprint density at radius 1 is 1.21 bits per heavy atom. The molecule has 0 saturated carbocycles. The number of fused-ring (bicyclic) bond motifs is 1. The highest BCUT2D eigenvalue weighted by atomic mass is 16.5. The van der Waals surface area contributed by atoms with Gasteiger partial charge in [-0.15, -0.1) is 0 Å². The molecule has 0 radical (unpaired) electrons. The fraction of sp³-hybridized carbons (Fsp3) is 0.364. The van der Waals surface area contributed by atoms with Gasteiger partial charge in [0.05, 0.1) is 18.9 Å². The molecule has 1 aromatic carbocycles. The van der Waals surface area contributed by atoms with E-state index < -0.39 is 6.10 Å². The van der Waals surface area contributed by atoms with Crippen LogP contribution in [0.4, 0.5) is 0 Å². The Hall–Kier alpha value is -2.70. The van der Waals surface area contributed by atoms with Crippen LogP contribution < -0.4 is 4.74 Å². The van der Waals surface area contributed by atoms with Gasteiger partial charge in [-0.05, 0) is 49.6 Å². The lowest BCUT2D eigenvalue weighted by atomic mass is 10.0. The lowest BCUT2D eigenvalue weighted by Crippen LogP contribution is -2.32. The van der Waals surface area contributed by atoms with Crippen LogP contribution >= 0.6 is 0 Å². The van der Waals surface area contributed by atoms with Crippen molar-refractivity contribution >= 4 is 11.2 Å². The zero-order valence-electron chi connectivity index (χ0n) is 16.6. The fourth-order valence-electron chi connectivity index (χ4n) is 3.75. The molecule has 0 unspecified atom stereocenters. The minimum Gasteiger partial charge on any atom is -0.497 e. The first-order valence-electron chi connectivity index (χ1n) is 9.61. The molecule has 0 spiro atoms. The Balaban J connectivity index is 1.45. The van der Waals surface area contributed by atoms with E-state index in [2.05, 4.69) is 29.0 Å². The highest BCUT2D eigenvalue weighted by molar-refractivity contribution is 5.67. The molecule has 1 aliphatic rings. The molecule has 0 bridgehead atoms. The summed E-state index contributed by atoms with van der Waals surface area (Å²) in [5.41, 5.74) is 6.11. The van der Waals surface area contributed by atoms with E-state index in [0.717, 1.165) is 53.6 Å². The third-order valence-electron chi connectivity index (χ3n) is 5.27. The van der Waals surface area contributed by atoms with Gasteiger partial charge in [-0.25, -0.2) is 9.50 Å². The van der Waals surface area contributed by atoms with Crippen LogP contribution in [0.2, 0.25) is 0 Å². The third kappa shape index (κ3) is 3.79. The van der Waals surface area contributed by atoms with Crippen molar-refractivity contribution in [1.82, 2.24) is 19.5 Å². The zero-order chi connectivity index (χ0) is 19.7. The number of methoxy groups -OCH3 is 1. The van der Waals surface area contributed by atoms with E-state index >= 15 is 0 Å². The van der Waals surface area contributed by atoms with Crippen LogP contribution in [0.1, 0.15) is 35.2 Å². The van der Waals surface area contributed by atoms with Crippen LogP contribution in [0.3, 0.4) is 0 Å². The molecule has 1 atom stereocenters. The number of rotatable bonds is 5. The maximum absolute atomic E-state index is 10.6. The van der Waals surface area contributed by atoms with Crippen molar-refractivity contribution in [2.24, 2.45) is 0 Å². The molecule has 28 heavy (non-hydrogen) atoms. The standard InChI is InChI=1S/C22H26N4O2/c1-15-11-16(2)26-22(23-15)13-20(24-26)17-7-9-25(10-8-17)14-21(27)18-5-4-6-19(12-18)28-3/h4-7,11-13,21,27H,8-10,14H2,1-3H3/t21-/m1/s1. The number of nitrogens with zero attached hydrogens (tertiary/aromatic N) is 4. The van der Waals surface area contributed by atoms with E-state index in [-0.39, 0.29) is 0 Å². The number of β-amino-alcohol motifs (C(OH)–C–C–N with tert-alkyl or cyclic N) is 1. The van der Waals surface area contributed by atoms with E-state index in [1.807, 2.05) is 41.8 Å². The molecule has 0 saturated heterocycles. The van der Waals surface area contributed by atoms with Crippen LogP contribution in [0.15, 0.2) is 42.5 Å². The van der Waals surface area contributed by atoms with Crippen LogP contribution in [0.5, 0.6) is 5.75 Å². The molecule has 0 aliphatic carbocycles. The summed E-state index contributed by atoms with van der Waals surface area (Å²) < 4.78 is 7.16.